The number of allylic oxidation sites excluding steroid dienone is 1. The first-order valence-electron chi connectivity index (χ1n) is 8.52. The lowest BCUT2D eigenvalue weighted by Gasteiger charge is -2.31. The van der Waals surface area contributed by atoms with Crippen molar-refractivity contribution >= 4 is 39.4 Å². The van der Waals surface area contributed by atoms with Crippen LogP contribution in [0.15, 0.2) is 58.2 Å². The van der Waals surface area contributed by atoms with Gasteiger partial charge >= 0.3 is 24.6 Å². The van der Waals surface area contributed by atoms with Crippen LogP contribution in [0.25, 0.3) is 10.8 Å². The van der Waals surface area contributed by atoms with Crippen molar-refractivity contribution in [2.75, 3.05) is 5.32 Å². The highest BCUT2D eigenvalue weighted by atomic mass is 32.2. The van der Waals surface area contributed by atoms with Crippen LogP contribution in [0.2, 0.25) is 0 Å². The van der Waals surface area contributed by atoms with Gasteiger partial charge in [0, 0.05) is 5.39 Å². The van der Waals surface area contributed by atoms with Gasteiger partial charge in [0.05, 0.1) is 10.6 Å². The molecule has 1 aliphatic heterocycles. The number of thioether (sulfide) groups is 1. The van der Waals surface area contributed by atoms with Gasteiger partial charge in [-0.05, 0) is 11.5 Å². The number of alkyl halides is 9. The number of carbonyl (C=O) groups excluding carboxylic acids is 1. The number of anilines is 1. The Hall–Kier alpha value is -2.97. The molecule has 33 heavy (non-hydrogen) atoms. The minimum Gasteiger partial charge on any atom is -0.307 e. The van der Waals surface area contributed by atoms with E-state index in [9.17, 15) is 48.7 Å². The van der Waals surface area contributed by atoms with E-state index in [1.54, 1.807) is 30.3 Å². The van der Waals surface area contributed by atoms with E-state index in [1.165, 1.54) is 17.4 Å². The minimum absolute atomic E-state index is 0.0874. The number of hydrogen-bond acceptors (Lipinski definition) is 3. The van der Waals surface area contributed by atoms with E-state index in [1.807, 2.05) is 0 Å². The molecule has 2 aromatic carbocycles. The zero-order valence-electron chi connectivity index (χ0n) is 15.6. The summed E-state index contributed by atoms with van der Waals surface area (Å²) in [6.45, 7) is 0. The number of fused-ring (bicyclic) bond motifs is 1. The molecule has 1 heterocycles. The molecule has 0 saturated heterocycles. The number of amidine groups is 1. The number of nitrogens with zero attached hydrogens (tertiary/aromatic N) is 1. The van der Waals surface area contributed by atoms with E-state index in [0.29, 0.717) is 10.8 Å². The number of nitrogens with one attached hydrogen (secondary N) is 2. The van der Waals surface area contributed by atoms with E-state index in [2.05, 4.69) is 10.3 Å². The first kappa shape index (κ1) is 24.7. The van der Waals surface area contributed by atoms with Gasteiger partial charge in [-0.15, -0.1) is 0 Å². The molecular formula is C18H9F10N3OS. The van der Waals surface area contributed by atoms with Crippen LogP contribution >= 0.6 is 11.8 Å². The summed E-state index contributed by atoms with van der Waals surface area (Å²) in [5.74, 6) is -3.63. The second-order valence-electron chi connectivity index (χ2n) is 6.47. The summed E-state index contributed by atoms with van der Waals surface area (Å²) in [6, 6.07) is 9.51. The smallest absolute Gasteiger partial charge is 0.307 e. The van der Waals surface area contributed by atoms with Crippen LogP contribution in [0.1, 0.15) is 0 Å². The molecule has 0 unspecified atom stereocenters. The maximum atomic E-state index is 13.7. The lowest BCUT2D eigenvalue weighted by Crippen LogP contribution is -2.55. The van der Waals surface area contributed by atoms with E-state index < -0.39 is 57.8 Å². The Morgan fingerprint density at radius 3 is 2.00 bits per heavy atom. The second kappa shape index (κ2) is 8.11. The number of rotatable bonds is 1. The highest BCUT2D eigenvalue weighted by Crippen LogP contribution is 2.59. The van der Waals surface area contributed by atoms with Gasteiger partial charge in [-0.3, -0.25) is 5.32 Å². The summed E-state index contributed by atoms with van der Waals surface area (Å²) in [4.78, 5) is 11.7. The van der Waals surface area contributed by atoms with Crippen LogP contribution in [0.4, 0.5) is 54.4 Å². The van der Waals surface area contributed by atoms with Crippen LogP contribution in [-0.2, 0) is 0 Å². The van der Waals surface area contributed by atoms with Gasteiger partial charge in [0.15, 0.2) is 5.17 Å². The lowest BCUT2D eigenvalue weighted by atomic mass is 9.97. The zero-order valence-corrected chi connectivity index (χ0v) is 16.4. The molecule has 0 atom stereocenters. The molecule has 0 bridgehead atoms. The van der Waals surface area contributed by atoms with Gasteiger partial charge in [0.25, 0.3) is 5.54 Å². The third-order valence-electron chi connectivity index (χ3n) is 4.32. The second-order valence-corrected chi connectivity index (χ2v) is 7.47. The van der Waals surface area contributed by atoms with Crippen molar-refractivity contribution in [3.8, 4) is 0 Å². The van der Waals surface area contributed by atoms with Crippen LogP contribution in [0, 0.1) is 0 Å². The average Bonchev–Trinajstić information content (AvgIpc) is 3.07. The highest BCUT2D eigenvalue weighted by molar-refractivity contribution is 8.17. The normalized spacial score (nSPS) is 18.2. The Morgan fingerprint density at radius 2 is 1.42 bits per heavy atom. The van der Waals surface area contributed by atoms with Crippen LogP contribution < -0.4 is 10.6 Å². The number of hydrogen-bond donors (Lipinski definition) is 2. The van der Waals surface area contributed by atoms with Crippen LogP contribution in [0.3, 0.4) is 0 Å². The van der Waals surface area contributed by atoms with Crippen LogP contribution in [0.5, 0.6) is 0 Å². The number of aliphatic imine (C=N–C) groups is 1. The summed E-state index contributed by atoms with van der Waals surface area (Å²) in [7, 11) is 0. The van der Waals surface area contributed by atoms with Gasteiger partial charge in [0.2, 0.25) is 5.83 Å². The van der Waals surface area contributed by atoms with Gasteiger partial charge in [-0.25, -0.2) is 14.2 Å². The monoisotopic (exact) mass is 505 g/mol. The molecule has 3 rings (SSSR count). The number of urea groups is 1. The third kappa shape index (κ3) is 4.45. The molecule has 0 saturated carbocycles. The van der Waals surface area contributed by atoms with Crippen molar-refractivity contribution in [2.45, 2.75) is 24.1 Å². The number of benzene rings is 2. The van der Waals surface area contributed by atoms with Gasteiger partial charge in [-0.1, -0.05) is 48.2 Å². The molecule has 15 heteroatoms. The Labute approximate surface area is 181 Å². The average molecular weight is 505 g/mol. The van der Waals surface area contributed by atoms with Gasteiger partial charge in [0.1, 0.15) is 0 Å². The maximum Gasteiger partial charge on any atom is 0.443 e. The molecule has 2 aromatic rings. The predicted molar refractivity (Wildman–Crippen MR) is 100 cm³/mol. The van der Waals surface area contributed by atoms with Crippen molar-refractivity contribution in [1.29, 1.82) is 0 Å². The van der Waals surface area contributed by atoms with E-state index in [4.69, 9.17) is 0 Å². The van der Waals surface area contributed by atoms with Crippen molar-refractivity contribution < 1.29 is 48.7 Å². The Balaban J connectivity index is 2.00. The first-order chi connectivity index (χ1) is 15.1. The summed E-state index contributed by atoms with van der Waals surface area (Å²) in [6.07, 6.45) is -19.2. The molecule has 0 aliphatic carbocycles. The van der Waals surface area contributed by atoms with E-state index in [-0.39, 0.29) is 5.69 Å². The quantitative estimate of drug-likeness (QED) is 0.426. The fourth-order valence-electron chi connectivity index (χ4n) is 2.91. The summed E-state index contributed by atoms with van der Waals surface area (Å²) in [5.41, 5.74) is -5.46. The largest absolute Gasteiger partial charge is 0.443 e. The molecule has 0 radical (unpaired) electrons. The van der Waals surface area contributed by atoms with E-state index in [0.717, 1.165) is 0 Å². The Morgan fingerprint density at radius 1 is 0.848 bits per heavy atom. The van der Waals surface area contributed by atoms with Gasteiger partial charge in [-0.2, -0.15) is 39.5 Å². The summed E-state index contributed by atoms with van der Waals surface area (Å²) >= 11 is -0.928. The van der Waals surface area contributed by atoms with Crippen molar-refractivity contribution in [2.24, 2.45) is 4.99 Å². The molecule has 2 N–H and O–H groups in total. The minimum atomic E-state index is -6.51. The predicted octanol–water partition coefficient (Wildman–Crippen LogP) is 6.67. The van der Waals surface area contributed by atoms with Crippen molar-refractivity contribution in [3.63, 3.8) is 0 Å². The molecule has 1 aliphatic rings. The molecule has 0 spiro atoms. The van der Waals surface area contributed by atoms with E-state index >= 15 is 0 Å². The third-order valence-corrected chi connectivity index (χ3v) is 5.39. The number of halogens is 10. The Kier molecular flexibility index (Phi) is 6.06. The molecular weight excluding hydrogens is 496 g/mol. The molecule has 4 nitrogen and oxygen atoms in total. The Bertz CT molecular complexity index is 1130. The fraction of sp³-hybridized carbons (Fsp3) is 0.222. The molecule has 0 fully saturated rings. The zero-order chi connectivity index (χ0) is 24.8. The highest BCUT2D eigenvalue weighted by Gasteiger charge is 2.77. The SMILES string of the molecule is O=C(NC1=NC(C(F)(F)F)(C(F)(F)F)C(=C(F)C(F)(F)F)S1)Nc1cccc2ccccc12. The molecule has 178 valence electrons. The summed E-state index contributed by atoms with van der Waals surface area (Å²) in [5, 5.41) is 3.21. The molecule has 0 aromatic heterocycles. The topological polar surface area (TPSA) is 53.5 Å². The fourth-order valence-corrected chi connectivity index (χ4v) is 4.06. The first-order valence-corrected chi connectivity index (χ1v) is 9.34. The van der Waals surface area contributed by atoms with Gasteiger partial charge < -0.3 is 5.32 Å². The van der Waals surface area contributed by atoms with Crippen LogP contribution in [-0.4, -0.2) is 35.3 Å². The number of amides is 2. The van der Waals surface area contributed by atoms with Crippen molar-refractivity contribution in [1.82, 2.24) is 5.32 Å². The number of carbonyl (C=O) groups is 1. The summed E-state index contributed by atoms with van der Waals surface area (Å²) < 4.78 is 132. The molecule has 2 amide bonds. The van der Waals surface area contributed by atoms with Crippen molar-refractivity contribution in [3.05, 3.63) is 53.2 Å². The lowest BCUT2D eigenvalue weighted by molar-refractivity contribution is -0.280. The standard InChI is InChI=1S/C18H9F10N3OS/c19-11(16(20,21)22)12-15(17(23,24)25,18(26,27)28)31-14(33-12)30-13(32)29-10-7-3-5-8-4-1-2-6-9(8)10/h1-7H,(H2,29,30,31,32). The maximum absolute atomic E-state index is 13.7.